The van der Waals surface area contributed by atoms with Crippen LogP contribution in [0.5, 0.6) is 0 Å². The molecule has 1 aliphatic heterocycles. The van der Waals surface area contributed by atoms with Gasteiger partial charge in [0.25, 0.3) is 10.0 Å². The van der Waals surface area contributed by atoms with Crippen molar-refractivity contribution in [3.05, 3.63) is 23.0 Å². The number of nitrogens with zero attached hydrogens (tertiary/aromatic N) is 1. The zero-order valence-corrected chi connectivity index (χ0v) is 9.16. The maximum absolute atomic E-state index is 13.1. The Morgan fingerprint density at radius 2 is 2.13 bits per heavy atom. The third-order valence-corrected chi connectivity index (χ3v) is 3.57. The van der Waals surface area contributed by atoms with Gasteiger partial charge in [-0.15, -0.1) is 4.40 Å². The Hall–Kier alpha value is -1.14. The Morgan fingerprint density at radius 3 is 2.80 bits per heavy atom. The van der Waals surface area contributed by atoms with Crippen molar-refractivity contribution in [3.63, 3.8) is 0 Å². The summed E-state index contributed by atoms with van der Waals surface area (Å²) in [6.07, 6.45) is 0. The minimum absolute atomic E-state index is 0.133. The van der Waals surface area contributed by atoms with Crippen LogP contribution < -0.4 is 5.32 Å². The van der Waals surface area contributed by atoms with E-state index in [4.69, 9.17) is 11.6 Å². The van der Waals surface area contributed by atoms with Gasteiger partial charge in [-0.25, -0.2) is 4.39 Å². The van der Waals surface area contributed by atoms with E-state index < -0.39 is 15.8 Å². The molecule has 1 aromatic carbocycles. The number of amidine groups is 1. The maximum atomic E-state index is 13.1. The van der Waals surface area contributed by atoms with Crippen LogP contribution in [0.4, 0.5) is 10.1 Å². The Labute approximate surface area is 90.8 Å². The lowest BCUT2D eigenvalue weighted by atomic mass is 10.3. The Kier molecular flexibility index (Phi) is 2.20. The van der Waals surface area contributed by atoms with Gasteiger partial charge in [0.05, 0.1) is 10.7 Å². The summed E-state index contributed by atoms with van der Waals surface area (Å²) in [5, 5.41) is 2.57. The summed E-state index contributed by atoms with van der Waals surface area (Å²) in [6.45, 7) is 1.50. The molecule has 0 saturated carbocycles. The van der Waals surface area contributed by atoms with Crippen molar-refractivity contribution in [2.24, 2.45) is 4.40 Å². The molecule has 0 unspecified atom stereocenters. The van der Waals surface area contributed by atoms with Gasteiger partial charge in [-0.3, -0.25) is 0 Å². The molecule has 1 heterocycles. The highest BCUT2D eigenvalue weighted by Gasteiger charge is 2.24. The van der Waals surface area contributed by atoms with Crippen LogP contribution in [0.1, 0.15) is 6.92 Å². The number of halogens is 2. The fraction of sp³-hybridized carbons (Fsp3) is 0.125. The monoisotopic (exact) mass is 248 g/mol. The zero-order chi connectivity index (χ0) is 11.2. The molecule has 0 radical (unpaired) electrons. The van der Waals surface area contributed by atoms with Crippen molar-refractivity contribution in [2.45, 2.75) is 11.8 Å². The number of rotatable bonds is 0. The second kappa shape index (κ2) is 3.18. The lowest BCUT2D eigenvalue weighted by Gasteiger charge is -2.16. The average Bonchev–Trinajstić information content (AvgIpc) is 2.07. The first kappa shape index (κ1) is 10.4. The average molecular weight is 249 g/mol. The van der Waals surface area contributed by atoms with Crippen LogP contribution in [0, 0.1) is 5.82 Å². The molecule has 0 spiro atoms. The van der Waals surface area contributed by atoms with E-state index >= 15 is 0 Å². The molecule has 15 heavy (non-hydrogen) atoms. The van der Waals surface area contributed by atoms with Crippen molar-refractivity contribution >= 4 is 33.1 Å². The summed E-state index contributed by atoms with van der Waals surface area (Å²) in [5.41, 5.74) is 0.244. The normalized spacial score (nSPS) is 17.7. The molecule has 0 bridgehead atoms. The van der Waals surface area contributed by atoms with Crippen molar-refractivity contribution in [2.75, 3.05) is 5.32 Å². The van der Waals surface area contributed by atoms with Crippen LogP contribution in [0.15, 0.2) is 21.4 Å². The largest absolute Gasteiger partial charge is 0.342 e. The number of hydrogen-bond acceptors (Lipinski definition) is 3. The van der Waals surface area contributed by atoms with Crippen LogP contribution in [0.3, 0.4) is 0 Å². The Morgan fingerprint density at radius 1 is 1.47 bits per heavy atom. The van der Waals surface area contributed by atoms with E-state index in [1.807, 2.05) is 0 Å². The third kappa shape index (κ3) is 1.70. The van der Waals surface area contributed by atoms with Gasteiger partial charge in [0.1, 0.15) is 16.5 Å². The lowest BCUT2D eigenvalue weighted by molar-refractivity contribution is 0.592. The fourth-order valence-electron chi connectivity index (χ4n) is 1.29. The highest BCUT2D eigenvalue weighted by atomic mass is 35.5. The fourth-order valence-corrected chi connectivity index (χ4v) is 2.60. The molecule has 80 valence electrons. The Balaban J connectivity index is 2.75. The van der Waals surface area contributed by atoms with Gasteiger partial charge in [0.2, 0.25) is 0 Å². The number of fused-ring (bicyclic) bond motifs is 1. The van der Waals surface area contributed by atoms with E-state index in [9.17, 15) is 12.8 Å². The van der Waals surface area contributed by atoms with Gasteiger partial charge >= 0.3 is 0 Å². The van der Waals surface area contributed by atoms with Crippen molar-refractivity contribution in [1.29, 1.82) is 0 Å². The predicted octanol–water partition coefficient (Wildman–Crippen LogP) is 2.01. The predicted molar refractivity (Wildman–Crippen MR) is 55.3 cm³/mol. The van der Waals surface area contributed by atoms with E-state index in [0.29, 0.717) is 0 Å². The van der Waals surface area contributed by atoms with Crippen molar-refractivity contribution in [3.8, 4) is 0 Å². The molecule has 4 nitrogen and oxygen atoms in total. The molecule has 1 N–H and O–H groups in total. The molecule has 0 aliphatic carbocycles. The summed E-state index contributed by atoms with van der Waals surface area (Å²) < 4.78 is 39.5. The molecule has 1 aromatic rings. The molecule has 2 rings (SSSR count). The van der Waals surface area contributed by atoms with Gasteiger partial charge in [-0.1, -0.05) is 11.6 Å². The van der Waals surface area contributed by atoms with Crippen LogP contribution in [-0.2, 0) is 10.0 Å². The number of sulfonamides is 1. The van der Waals surface area contributed by atoms with Gasteiger partial charge in [0.15, 0.2) is 0 Å². The minimum atomic E-state index is -3.80. The molecule has 7 heteroatoms. The lowest BCUT2D eigenvalue weighted by Crippen LogP contribution is -2.18. The standard InChI is InChI=1S/C8H6ClFN2O2S/c1-4-11-7-2-5(9)6(10)3-8(7)15(13,14)12-4/h2-3H,1H3,(H,11,12). The van der Waals surface area contributed by atoms with E-state index in [0.717, 1.165) is 6.07 Å². The number of hydrogen-bond donors (Lipinski definition) is 1. The first-order chi connectivity index (χ1) is 6.90. The highest BCUT2D eigenvalue weighted by Crippen LogP contribution is 2.31. The van der Waals surface area contributed by atoms with E-state index in [1.165, 1.54) is 13.0 Å². The van der Waals surface area contributed by atoms with Crippen molar-refractivity contribution in [1.82, 2.24) is 0 Å². The third-order valence-electron chi connectivity index (χ3n) is 1.87. The van der Waals surface area contributed by atoms with E-state index in [2.05, 4.69) is 9.71 Å². The van der Waals surface area contributed by atoms with E-state index in [-0.39, 0.29) is 21.4 Å². The molecule has 0 amide bonds. The topological polar surface area (TPSA) is 58.5 Å². The number of nitrogens with one attached hydrogen (secondary N) is 1. The SMILES string of the molecule is CC1=NS(=O)(=O)c2cc(F)c(Cl)cc2N1. The first-order valence-electron chi connectivity index (χ1n) is 3.98. The van der Waals surface area contributed by atoms with Gasteiger partial charge in [-0.05, 0) is 19.1 Å². The maximum Gasteiger partial charge on any atom is 0.286 e. The molecular formula is C8H6ClFN2O2S. The van der Waals surface area contributed by atoms with Crippen molar-refractivity contribution < 1.29 is 12.8 Å². The Bertz CT molecular complexity index is 568. The summed E-state index contributed by atoms with van der Waals surface area (Å²) in [6, 6.07) is 2.08. The number of benzene rings is 1. The van der Waals surface area contributed by atoms with Crippen LogP contribution in [0.2, 0.25) is 5.02 Å². The van der Waals surface area contributed by atoms with Crippen LogP contribution in [0.25, 0.3) is 0 Å². The minimum Gasteiger partial charge on any atom is -0.342 e. The smallest absolute Gasteiger partial charge is 0.286 e. The van der Waals surface area contributed by atoms with Gasteiger partial charge < -0.3 is 5.32 Å². The van der Waals surface area contributed by atoms with Gasteiger partial charge in [-0.2, -0.15) is 8.42 Å². The molecule has 0 atom stereocenters. The first-order valence-corrected chi connectivity index (χ1v) is 5.79. The second-order valence-corrected chi connectivity index (χ2v) is 5.02. The zero-order valence-electron chi connectivity index (χ0n) is 7.58. The highest BCUT2D eigenvalue weighted by molar-refractivity contribution is 7.90. The molecule has 0 saturated heterocycles. The summed E-state index contributed by atoms with van der Waals surface area (Å²) >= 11 is 5.54. The molecule has 0 fully saturated rings. The molecular weight excluding hydrogens is 243 g/mol. The molecule has 1 aliphatic rings. The van der Waals surface area contributed by atoms with E-state index in [1.54, 1.807) is 0 Å². The molecule has 0 aromatic heterocycles. The quantitative estimate of drug-likeness (QED) is 0.764. The summed E-state index contributed by atoms with van der Waals surface area (Å²) in [7, 11) is -3.80. The summed E-state index contributed by atoms with van der Waals surface area (Å²) in [4.78, 5) is -0.199. The second-order valence-electron chi connectivity index (χ2n) is 3.04. The summed E-state index contributed by atoms with van der Waals surface area (Å²) in [5.74, 6) is -0.555. The number of anilines is 1. The van der Waals surface area contributed by atoms with Gasteiger partial charge in [0, 0.05) is 0 Å². The van der Waals surface area contributed by atoms with Crippen LogP contribution in [-0.4, -0.2) is 14.3 Å². The van der Waals surface area contributed by atoms with Crippen LogP contribution >= 0.6 is 11.6 Å².